The number of carbonyl (C=O) groups is 2. The fraction of sp³-hybridized carbons (Fsp3) is 0.222. The molecule has 1 fully saturated rings. The van der Waals surface area contributed by atoms with Crippen molar-refractivity contribution in [3.05, 3.63) is 53.1 Å². The molecule has 0 saturated heterocycles. The first-order valence-corrected chi connectivity index (χ1v) is 10.1. The summed E-state index contributed by atoms with van der Waals surface area (Å²) in [7, 11) is -3.66. The van der Waals surface area contributed by atoms with Gasteiger partial charge in [-0.15, -0.1) is 0 Å². The van der Waals surface area contributed by atoms with Crippen molar-refractivity contribution in [3.63, 3.8) is 0 Å². The van der Waals surface area contributed by atoms with Gasteiger partial charge in [-0.3, -0.25) is 9.59 Å². The minimum absolute atomic E-state index is 0.0252. The molecule has 0 atom stereocenters. The van der Waals surface area contributed by atoms with Crippen LogP contribution in [0.15, 0.2) is 47.4 Å². The minimum Gasteiger partial charge on any atom is -0.326 e. The van der Waals surface area contributed by atoms with Gasteiger partial charge >= 0.3 is 0 Å². The Morgan fingerprint density at radius 2 is 1.81 bits per heavy atom. The molecule has 2 amide bonds. The predicted octanol–water partition coefficient (Wildman–Crippen LogP) is 2.99. The maximum atomic E-state index is 12.5. The molecule has 0 bridgehead atoms. The second-order valence-corrected chi connectivity index (χ2v) is 8.37. The number of hydrogen-bond acceptors (Lipinski definition) is 4. The van der Waals surface area contributed by atoms with E-state index in [0.29, 0.717) is 11.4 Å². The van der Waals surface area contributed by atoms with E-state index in [4.69, 9.17) is 11.6 Å². The van der Waals surface area contributed by atoms with E-state index >= 15 is 0 Å². The molecule has 1 aliphatic carbocycles. The fourth-order valence-corrected chi connectivity index (χ4v) is 3.90. The number of sulfonamides is 1. The molecule has 1 saturated carbocycles. The van der Waals surface area contributed by atoms with Crippen molar-refractivity contribution in [3.8, 4) is 0 Å². The lowest BCUT2D eigenvalue weighted by Crippen LogP contribution is -2.26. The van der Waals surface area contributed by atoms with Crippen LogP contribution in [0.2, 0.25) is 5.02 Å². The molecule has 1 aliphatic rings. The van der Waals surface area contributed by atoms with Gasteiger partial charge in [0.15, 0.2) is 0 Å². The van der Waals surface area contributed by atoms with Crippen LogP contribution < -0.4 is 15.4 Å². The van der Waals surface area contributed by atoms with E-state index in [1.54, 1.807) is 12.1 Å². The highest BCUT2D eigenvalue weighted by Crippen LogP contribution is 2.27. The first kappa shape index (κ1) is 19.3. The van der Waals surface area contributed by atoms with Gasteiger partial charge in [-0.05, 0) is 49.2 Å². The molecule has 9 heteroatoms. The van der Waals surface area contributed by atoms with Crippen LogP contribution in [0.1, 0.15) is 30.1 Å². The smallest absolute Gasteiger partial charge is 0.255 e. The third kappa shape index (κ3) is 5.06. The van der Waals surface area contributed by atoms with Crippen LogP contribution in [-0.2, 0) is 14.8 Å². The van der Waals surface area contributed by atoms with Gasteiger partial charge in [-0.2, -0.15) is 0 Å². The Morgan fingerprint density at radius 1 is 1.07 bits per heavy atom. The zero-order valence-corrected chi connectivity index (χ0v) is 16.0. The quantitative estimate of drug-likeness (QED) is 0.684. The Kier molecular flexibility index (Phi) is 5.50. The summed E-state index contributed by atoms with van der Waals surface area (Å²) in [6, 6.07) is 10.4. The van der Waals surface area contributed by atoms with E-state index < -0.39 is 15.9 Å². The summed E-state index contributed by atoms with van der Waals surface area (Å²) in [6.07, 6.45) is 1.64. The van der Waals surface area contributed by atoms with E-state index in [-0.39, 0.29) is 27.4 Å². The maximum absolute atomic E-state index is 12.5. The summed E-state index contributed by atoms with van der Waals surface area (Å²) < 4.78 is 27.2. The molecule has 0 spiro atoms. The summed E-state index contributed by atoms with van der Waals surface area (Å²) in [4.78, 5) is 23.7. The van der Waals surface area contributed by atoms with Crippen molar-refractivity contribution < 1.29 is 18.0 Å². The number of hydrogen-bond donors (Lipinski definition) is 3. The Labute approximate surface area is 162 Å². The lowest BCUT2D eigenvalue weighted by atomic mass is 10.2. The molecule has 0 aromatic heterocycles. The number of amides is 2. The Morgan fingerprint density at radius 3 is 2.48 bits per heavy atom. The molecule has 0 heterocycles. The molecule has 0 aliphatic heterocycles. The average Bonchev–Trinajstić information content (AvgIpc) is 3.41. The van der Waals surface area contributed by atoms with Gasteiger partial charge in [0.2, 0.25) is 15.9 Å². The minimum atomic E-state index is -3.66. The highest BCUT2D eigenvalue weighted by Gasteiger charge is 2.28. The Balaban J connectivity index is 1.80. The van der Waals surface area contributed by atoms with Crippen LogP contribution in [-0.4, -0.2) is 26.3 Å². The summed E-state index contributed by atoms with van der Waals surface area (Å²) >= 11 is 6.10. The lowest BCUT2D eigenvalue weighted by Gasteiger charge is -2.11. The van der Waals surface area contributed by atoms with Crippen LogP contribution in [0, 0.1) is 0 Å². The predicted molar refractivity (Wildman–Crippen MR) is 103 cm³/mol. The summed E-state index contributed by atoms with van der Waals surface area (Å²) in [5.74, 6) is -0.768. The second-order valence-electron chi connectivity index (χ2n) is 6.25. The van der Waals surface area contributed by atoms with Gasteiger partial charge in [0.05, 0.1) is 15.6 Å². The van der Waals surface area contributed by atoms with Crippen molar-refractivity contribution in [2.75, 3.05) is 10.6 Å². The molecular formula is C18H18ClN3O4S. The van der Waals surface area contributed by atoms with Crippen molar-refractivity contribution in [2.45, 2.75) is 30.7 Å². The summed E-state index contributed by atoms with van der Waals surface area (Å²) in [5, 5.41) is 5.53. The van der Waals surface area contributed by atoms with Crippen molar-refractivity contribution >= 4 is 44.8 Å². The third-order valence-corrected chi connectivity index (χ3v) is 5.69. The molecule has 3 rings (SSSR count). The average molecular weight is 408 g/mol. The number of halogens is 1. The molecule has 0 unspecified atom stereocenters. The van der Waals surface area contributed by atoms with Gasteiger partial charge in [-0.25, -0.2) is 13.1 Å². The Hall–Kier alpha value is -2.42. The highest BCUT2D eigenvalue weighted by molar-refractivity contribution is 7.89. The van der Waals surface area contributed by atoms with Crippen LogP contribution in [0.4, 0.5) is 11.4 Å². The normalized spacial score (nSPS) is 13.9. The monoisotopic (exact) mass is 407 g/mol. The second kappa shape index (κ2) is 7.67. The summed E-state index contributed by atoms with van der Waals surface area (Å²) in [6.45, 7) is 1.37. The van der Waals surface area contributed by atoms with Crippen molar-refractivity contribution in [1.29, 1.82) is 0 Å². The van der Waals surface area contributed by atoms with Crippen molar-refractivity contribution in [1.82, 2.24) is 4.72 Å². The van der Waals surface area contributed by atoms with E-state index in [1.807, 2.05) is 0 Å². The maximum Gasteiger partial charge on any atom is 0.255 e. The number of rotatable bonds is 6. The van der Waals surface area contributed by atoms with Gasteiger partial charge in [0.1, 0.15) is 0 Å². The van der Waals surface area contributed by atoms with Gasteiger partial charge in [0, 0.05) is 24.2 Å². The molecule has 27 heavy (non-hydrogen) atoms. The SMILES string of the molecule is CC(=O)Nc1ccc(Cl)c(NC(=O)c2cccc(S(=O)(=O)NC3CC3)c2)c1. The van der Waals surface area contributed by atoms with E-state index in [2.05, 4.69) is 15.4 Å². The Bertz CT molecular complexity index is 1000. The van der Waals surface area contributed by atoms with E-state index in [9.17, 15) is 18.0 Å². The third-order valence-electron chi connectivity index (χ3n) is 3.84. The van der Waals surface area contributed by atoms with Crippen LogP contribution in [0.3, 0.4) is 0 Å². The molecular weight excluding hydrogens is 390 g/mol. The van der Waals surface area contributed by atoms with Crippen molar-refractivity contribution in [2.24, 2.45) is 0 Å². The zero-order chi connectivity index (χ0) is 19.6. The van der Waals surface area contributed by atoms with Gasteiger partial charge < -0.3 is 10.6 Å². The fourth-order valence-electron chi connectivity index (χ4n) is 2.39. The largest absolute Gasteiger partial charge is 0.326 e. The summed E-state index contributed by atoms with van der Waals surface area (Å²) in [5.41, 5.74) is 0.958. The van der Waals surface area contributed by atoms with Gasteiger partial charge in [0.25, 0.3) is 5.91 Å². The van der Waals surface area contributed by atoms with E-state index in [1.165, 1.54) is 37.3 Å². The molecule has 3 N–H and O–H groups in total. The number of nitrogens with one attached hydrogen (secondary N) is 3. The topological polar surface area (TPSA) is 104 Å². The lowest BCUT2D eigenvalue weighted by molar-refractivity contribution is -0.114. The number of anilines is 2. The van der Waals surface area contributed by atoms with Crippen LogP contribution in [0.5, 0.6) is 0 Å². The molecule has 0 radical (unpaired) electrons. The zero-order valence-electron chi connectivity index (χ0n) is 14.5. The van der Waals surface area contributed by atoms with Crippen LogP contribution in [0.25, 0.3) is 0 Å². The van der Waals surface area contributed by atoms with Crippen LogP contribution >= 0.6 is 11.6 Å². The molecule has 142 valence electrons. The number of carbonyl (C=O) groups excluding carboxylic acids is 2. The molecule has 2 aromatic carbocycles. The van der Waals surface area contributed by atoms with E-state index in [0.717, 1.165) is 12.8 Å². The first-order chi connectivity index (χ1) is 12.7. The number of benzene rings is 2. The van der Waals surface area contributed by atoms with Gasteiger partial charge in [-0.1, -0.05) is 17.7 Å². The standard InChI is InChI=1S/C18H18ClN3O4S/c1-11(23)20-14-7-8-16(19)17(10-14)21-18(24)12-3-2-4-15(9-12)27(25,26)22-13-5-6-13/h2-4,7-10,13,22H,5-6H2,1H3,(H,20,23)(H,21,24). The highest BCUT2D eigenvalue weighted by atomic mass is 35.5. The molecule has 7 nitrogen and oxygen atoms in total. The first-order valence-electron chi connectivity index (χ1n) is 8.25. The molecule has 2 aromatic rings.